The first-order valence-corrected chi connectivity index (χ1v) is 11.8. The summed E-state index contributed by atoms with van der Waals surface area (Å²) in [6.45, 7) is -0.596. The van der Waals surface area contributed by atoms with Gasteiger partial charge in [0.2, 0.25) is 0 Å². The molecule has 188 valence electrons. The molecule has 0 aliphatic carbocycles. The lowest BCUT2D eigenvalue weighted by molar-refractivity contribution is -0.249. The lowest BCUT2D eigenvalue weighted by Crippen LogP contribution is -2.56. The number of amides is 2. The van der Waals surface area contributed by atoms with E-state index in [2.05, 4.69) is 9.97 Å². The number of carbonyl (C=O) groups excluding carboxylic acids is 2. The van der Waals surface area contributed by atoms with Crippen molar-refractivity contribution >= 4 is 55.6 Å². The summed E-state index contributed by atoms with van der Waals surface area (Å²) in [5.74, 6) is -0.886. The first kappa shape index (κ1) is 22.3. The molecule has 0 bridgehead atoms. The van der Waals surface area contributed by atoms with Crippen molar-refractivity contribution in [3.05, 3.63) is 53.7 Å². The Morgan fingerprint density at radius 2 is 1.65 bits per heavy atom. The van der Waals surface area contributed by atoms with E-state index in [1.54, 1.807) is 22.9 Å². The molecule has 0 radical (unpaired) electrons. The predicted octanol–water partition coefficient (Wildman–Crippen LogP) is 1.02. The maximum absolute atomic E-state index is 13.5. The van der Waals surface area contributed by atoms with Crippen molar-refractivity contribution < 1.29 is 34.8 Å². The van der Waals surface area contributed by atoms with Crippen molar-refractivity contribution in [2.45, 2.75) is 30.6 Å². The number of pyridine rings is 1. The maximum atomic E-state index is 13.5. The summed E-state index contributed by atoms with van der Waals surface area (Å²) in [5.41, 5.74) is 2.55. The largest absolute Gasteiger partial charge is 0.394 e. The normalized spacial score (nSPS) is 26.3. The number of ether oxygens (including phenoxy) is 1. The van der Waals surface area contributed by atoms with Gasteiger partial charge in [0.15, 0.2) is 6.23 Å². The highest BCUT2D eigenvalue weighted by molar-refractivity contribution is 6.39. The molecule has 11 heteroatoms. The van der Waals surface area contributed by atoms with Crippen molar-refractivity contribution in [1.29, 1.82) is 0 Å². The summed E-state index contributed by atoms with van der Waals surface area (Å²) in [4.78, 5) is 35.8. The number of carbonyl (C=O) groups is 2. The number of nitrogens with zero attached hydrogens (tertiary/aromatic N) is 3. The molecular formula is C26H22N4O7. The molecule has 2 aromatic carbocycles. The smallest absolute Gasteiger partial charge is 0.262 e. The van der Waals surface area contributed by atoms with Gasteiger partial charge in [-0.25, -0.2) is 4.98 Å². The maximum Gasteiger partial charge on any atom is 0.262 e. The van der Waals surface area contributed by atoms with Gasteiger partial charge in [0.05, 0.1) is 28.8 Å². The minimum Gasteiger partial charge on any atom is -0.394 e. The molecule has 3 aromatic heterocycles. The number of aromatic amines is 1. The molecule has 2 aliphatic heterocycles. The Labute approximate surface area is 208 Å². The molecule has 5 atom stereocenters. The minimum absolute atomic E-state index is 0.223. The van der Waals surface area contributed by atoms with Gasteiger partial charge >= 0.3 is 0 Å². The van der Waals surface area contributed by atoms with Crippen LogP contribution in [0.4, 0.5) is 0 Å². The van der Waals surface area contributed by atoms with Gasteiger partial charge in [-0.2, -0.15) is 0 Å². The van der Waals surface area contributed by atoms with Crippen LogP contribution < -0.4 is 0 Å². The molecule has 1 fully saturated rings. The molecule has 0 spiro atoms. The van der Waals surface area contributed by atoms with Crippen molar-refractivity contribution in [2.24, 2.45) is 0 Å². The first-order chi connectivity index (χ1) is 17.8. The number of nitrogens with one attached hydrogen (secondary N) is 1. The number of aliphatic hydroxyl groups excluding tert-OH is 4. The molecule has 2 amide bonds. The molecule has 1 saturated heterocycles. The van der Waals surface area contributed by atoms with E-state index in [1.165, 1.54) is 7.05 Å². The summed E-state index contributed by atoms with van der Waals surface area (Å²) in [6.07, 6.45) is -5.63. The van der Waals surface area contributed by atoms with Crippen LogP contribution in [0.2, 0.25) is 0 Å². The Morgan fingerprint density at radius 1 is 0.946 bits per heavy atom. The lowest BCUT2D eigenvalue weighted by atomic mass is 9.96. The molecule has 7 rings (SSSR count). The van der Waals surface area contributed by atoms with Crippen LogP contribution in [0.15, 0.2) is 42.6 Å². The second-order valence-electron chi connectivity index (χ2n) is 9.53. The number of para-hydroxylation sites is 1. The Kier molecular flexibility index (Phi) is 4.57. The van der Waals surface area contributed by atoms with E-state index in [0.29, 0.717) is 32.8 Å². The number of imide groups is 1. The van der Waals surface area contributed by atoms with Gasteiger partial charge in [0.25, 0.3) is 11.8 Å². The molecule has 11 nitrogen and oxygen atoms in total. The second kappa shape index (κ2) is 7.57. The van der Waals surface area contributed by atoms with E-state index < -0.39 is 49.1 Å². The predicted molar refractivity (Wildman–Crippen MR) is 132 cm³/mol. The van der Waals surface area contributed by atoms with Crippen molar-refractivity contribution in [3.63, 3.8) is 0 Å². The summed E-state index contributed by atoms with van der Waals surface area (Å²) >= 11 is 0. The fourth-order valence-electron chi connectivity index (χ4n) is 5.86. The Bertz CT molecular complexity index is 1790. The highest BCUT2D eigenvalue weighted by atomic mass is 16.6. The zero-order valence-electron chi connectivity index (χ0n) is 19.5. The molecule has 0 saturated carbocycles. The number of hydrogen-bond acceptors (Lipinski definition) is 8. The fourth-order valence-corrected chi connectivity index (χ4v) is 5.86. The van der Waals surface area contributed by atoms with Crippen molar-refractivity contribution in [2.75, 3.05) is 13.7 Å². The Morgan fingerprint density at radius 3 is 2.41 bits per heavy atom. The van der Waals surface area contributed by atoms with E-state index >= 15 is 0 Å². The number of aromatic nitrogens is 3. The standard InChI is InChI=1S/C26H22N4O7/c1-29-24(35)16-14-10-5-2-3-7-12(10)28-18(14)19-15(17(16)25(29)36)11-6-4-8-27-23(11)30(19)26-22(34)21(33)20(32)13(9-31)37-26/h2-8,13,20-22,26,28,31-34H,9H2,1H3/t13-,20-,21+,22-,26-/m1/s1. The van der Waals surface area contributed by atoms with Gasteiger partial charge in [-0.3, -0.25) is 19.1 Å². The number of benzene rings is 2. The third kappa shape index (κ3) is 2.69. The summed E-state index contributed by atoms with van der Waals surface area (Å²) in [5, 5.41) is 44.1. The van der Waals surface area contributed by atoms with E-state index in [1.807, 2.05) is 24.3 Å². The zero-order valence-corrected chi connectivity index (χ0v) is 19.5. The average molecular weight is 502 g/mol. The van der Waals surface area contributed by atoms with Crippen LogP contribution in [-0.4, -0.2) is 89.7 Å². The van der Waals surface area contributed by atoms with Crippen molar-refractivity contribution in [1.82, 2.24) is 19.4 Å². The van der Waals surface area contributed by atoms with Gasteiger partial charge in [0, 0.05) is 40.3 Å². The summed E-state index contributed by atoms with van der Waals surface area (Å²) < 4.78 is 7.51. The molecule has 5 N–H and O–H groups in total. The van der Waals surface area contributed by atoms with Crippen molar-refractivity contribution in [3.8, 4) is 0 Å². The van der Waals surface area contributed by atoms with Crippen LogP contribution in [-0.2, 0) is 4.74 Å². The zero-order chi connectivity index (χ0) is 25.7. The number of hydrogen-bond donors (Lipinski definition) is 5. The number of fused-ring (bicyclic) bond motifs is 10. The monoisotopic (exact) mass is 502 g/mol. The quantitative estimate of drug-likeness (QED) is 0.224. The summed E-state index contributed by atoms with van der Waals surface area (Å²) in [7, 11) is 1.44. The fraction of sp³-hybridized carbons (Fsp3) is 0.269. The third-order valence-corrected chi connectivity index (χ3v) is 7.61. The van der Waals surface area contributed by atoms with Crippen LogP contribution >= 0.6 is 0 Å². The van der Waals surface area contributed by atoms with Gasteiger partial charge < -0.3 is 30.1 Å². The molecular weight excluding hydrogens is 480 g/mol. The second-order valence-corrected chi connectivity index (χ2v) is 9.53. The highest BCUT2D eigenvalue weighted by Crippen LogP contribution is 2.46. The van der Waals surface area contributed by atoms with Gasteiger partial charge in [-0.1, -0.05) is 18.2 Å². The highest BCUT2D eigenvalue weighted by Gasteiger charge is 2.47. The molecule has 5 heterocycles. The minimum atomic E-state index is -1.62. The topological polar surface area (TPSA) is 161 Å². The molecule has 0 unspecified atom stereocenters. The van der Waals surface area contributed by atoms with E-state index in [-0.39, 0.29) is 11.1 Å². The summed E-state index contributed by atoms with van der Waals surface area (Å²) in [6, 6.07) is 10.9. The van der Waals surface area contributed by atoms with Crippen LogP contribution in [0, 0.1) is 0 Å². The van der Waals surface area contributed by atoms with Crippen LogP contribution in [0.3, 0.4) is 0 Å². The van der Waals surface area contributed by atoms with Crippen LogP contribution in [0.1, 0.15) is 26.9 Å². The van der Waals surface area contributed by atoms with E-state index in [9.17, 15) is 30.0 Å². The third-order valence-electron chi connectivity index (χ3n) is 7.61. The Hall–Kier alpha value is -3.87. The van der Waals surface area contributed by atoms with Gasteiger partial charge in [-0.05, 0) is 18.2 Å². The Balaban J connectivity index is 1.71. The lowest BCUT2D eigenvalue weighted by Gasteiger charge is -2.40. The SMILES string of the molecule is CN1C(=O)c2c(c3c4cccnc4n([C@@H]4O[C@H](CO)[C@@H](O)[C@H](O)[C@H]4O)c3c3[nH]c4ccccc4c23)C1=O. The van der Waals surface area contributed by atoms with Gasteiger partial charge in [0.1, 0.15) is 30.1 Å². The number of H-pyrrole nitrogens is 1. The molecule has 2 aliphatic rings. The average Bonchev–Trinajstić information content (AvgIpc) is 3.53. The number of rotatable bonds is 2. The van der Waals surface area contributed by atoms with Crippen LogP contribution in [0.5, 0.6) is 0 Å². The first-order valence-electron chi connectivity index (χ1n) is 11.8. The van der Waals surface area contributed by atoms with Gasteiger partial charge in [-0.15, -0.1) is 0 Å². The van der Waals surface area contributed by atoms with Crippen LogP contribution in [0.25, 0.3) is 43.7 Å². The molecule has 5 aromatic rings. The number of aliphatic hydroxyl groups is 4. The van der Waals surface area contributed by atoms with E-state index in [4.69, 9.17) is 4.74 Å². The van der Waals surface area contributed by atoms with E-state index in [0.717, 1.165) is 15.8 Å². The molecule has 37 heavy (non-hydrogen) atoms.